The smallest absolute Gasteiger partial charge is 0.319 e. The van der Waals surface area contributed by atoms with Gasteiger partial charge in [-0.25, -0.2) is 18.2 Å². The summed E-state index contributed by atoms with van der Waals surface area (Å²) in [4.78, 5) is 16.6. The van der Waals surface area contributed by atoms with Crippen molar-refractivity contribution in [2.75, 3.05) is 18.4 Å². The summed E-state index contributed by atoms with van der Waals surface area (Å²) in [7, 11) is -3.54. The molecule has 1 fully saturated rings. The number of nitrogens with one attached hydrogen (secondary N) is 2. The molecule has 2 amide bonds. The van der Waals surface area contributed by atoms with Gasteiger partial charge in [0.25, 0.3) is 0 Å². The van der Waals surface area contributed by atoms with E-state index in [1.165, 1.54) is 17.4 Å². The van der Waals surface area contributed by atoms with Crippen molar-refractivity contribution < 1.29 is 13.2 Å². The standard InChI is InChI=1S/C18H24N4O3S2/c1-14-13-26-17(20-14)12-19-18(23)21-15-7-6-8-16(11-15)27(24,25)22-9-4-2-3-5-10-22/h6-8,11,13H,2-5,9-10,12H2,1H3,(H2,19,21,23). The van der Waals surface area contributed by atoms with E-state index in [9.17, 15) is 13.2 Å². The van der Waals surface area contributed by atoms with Crippen LogP contribution in [0, 0.1) is 6.92 Å². The number of rotatable bonds is 5. The summed E-state index contributed by atoms with van der Waals surface area (Å²) in [5, 5.41) is 8.16. The maximum Gasteiger partial charge on any atom is 0.319 e. The van der Waals surface area contributed by atoms with Crippen LogP contribution in [0.5, 0.6) is 0 Å². The van der Waals surface area contributed by atoms with Crippen molar-refractivity contribution in [3.05, 3.63) is 40.3 Å². The second kappa shape index (κ2) is 8.81. The molecule has 1 aliphatic rings. The topological polar surface area (TPSA) is 91.4 Å². The van der Waals surface area contributed by atoms with Gasteiger partial charge in [0, 0.05) is 29.9 Å². The molecule has 0 saturated carbocycles. The molecule has 0 atom stereocenters. The van der Waals surface area contributed by atoms with Crippen molar-refractivity contribution in [3.8, 4) is 0 Å². The third-order valence-electron chi connectivity index (χ3n) is 4.36. The molecule has 0 unspecified atom stereocenters. The van der Waals surface area contributed by atoms with E-state index in [2.05, 4.69) is 15.6 Å². The molecule has 0 radical (unpaired) electrons. The number of aryl methyl sites for hydroxylation is 1. The Hall–Kier alpha value is -1.97. The molecule has 27 heavy (non-hydrogen) atoms. The van der Waals surface area contributed by atoms with Crippen molar-refractivity contribution in [3.63, 3.8) is 0 Å². The number of benzene rings is 1. The van der Waals surface area contributed by atoms with Crippen LogP contribution in [0.15, 0.2) is 34.5 Å². The fourth-order valence-electron chi connectivity index (χ4n) is 2.98. The van der Waals surface area contributed by atoms with Crippen LogP contribution in [0.25, 0.3) is 0 Å². The second-order valence-corrected chi connectivity index (χ2v) is 9.42. The number of anilines is 1. The summed E-state index contributed by atoms with van der Waals surface area (Å²) in [6.07, 6.45) is 3.89. The summed E-state index contributed by atoms with van der Waals surface area (Å²) < 4.78 is 27.3. The number of carbonyl (C=O) groups is 1. The molecule has 2 N–H and O–H groups in total. The van der Waals surface area contributed by atoms with Crippen LogP contribution in [0.4, 0.5) is 10.5 Å². The van der Waals surface area contributed by atoms with Gasteiger partial charge in [0.1, 0.15) is 5.01 Å². The third-order valence-corrected chi connectivity index (χ3v) is 7.22. The number of nitrogens with zero attached hydrogens (tertiary/aromatic N) is 2. The summed E-state index contributed by atoms with van der Waals surface area (Å²) >= 11 is 1.48. The Morgan fingerprint density at radius 2 is 1.96 bits per heavy atom. The zero-order valence-corrected chi connectivity index (χ0v) is 16.9. The van der Waals surface area contributed by atoms with Gasteiger partial charge in [0.15, 0.2) is 0 Å². The van der Waals surface area contributed by atoms with E-state index >= 15 is 0 Å². The minimum absolute atomic E-state index is 0.206. The van der Waals surface area contributed by atoms with Crippen molar-refractivity contribution in [1.29, 1.82) is 0 Å². The quantitative estimate of drug-likeness (QED) is 0.794. The van der Waals surface area contributed by atoms with Crippen molar-refractivity contribution in [2.45, 2.75) is 44.0 Å². The Morgan fingerprint density at radius 3 is 2.63 bits per heavy atom. The van der Waals surface area contributed by atoms with Crippen LogP contribution in [0.2, 0.25) is 0 Å². The first-order valence-corrected chi connectivity index (χ1v) is 11.3. The summed E-state index contributed by atoms with van der Waals surface area (Å²) in [6.45, 7) is 3.33. The Balaban J connectivity index is 1.64. The summed E-state index contributed by atoms with van der Waals surface area (Å²) in [6, 6.07) is 6.00. The van der Waals surface area contributed by atoms with Gasteiger partial charge in [-0.2, -0.15) is 4.31 Å². The molecule has 2 heterocycles. The third kappa shape index (κ3) is 5.27. The molecule has 1 saturated heterocycles. The molecule has 1 aromatic carbocycles. The van der Waals surface area contributed by atoms with E-state index in [-0.39, 0.29) is 4.90 Å². The van der Waals surface area contributed by atoms with Crippen LogP contribution < -0.4 is 10.6 Å². The Bertz CT molecular complexity index is 888. The van der Waals surface area contributed by atoms with Crippen molar-refractivity contribution in [1.82, 2.24) is 14.6 Å². The van der Waals surface area contributed by atoms with Crippen LogP contribution in [0.3, 0.4) is 0 Å². The lowest BCUT2D eigenvalue weighted by atomic mass is 10.2. The normalized spacial score (nSPS) is 15.9. The molecular formula is C18H24N4O3S2. The van der Waals surface area contributed by atoms with Crippen molar-refractivity contribution in [2.24, 2.45) is 0 Å². The predicted molar refractivity (Wildman–Crippen MR) is 106 cm³/mol. The van der Waals surface area contributed by atoms with E-state index in [1.54, 1.807) is 22.5 Å². The second-order valence-electron chi connectivity index (χ2n) is 6.54. The lowest BCUT2D eigenvalue weighted by Gasteiger charge is -2.20. The van der Waals surface area contributed by atoms with Gasteiger partial charge in [0.2, 0.25) is 10.0 Å². The molecule has 3 rings (SSSR count). The van der Waals surface area contributed by atoms with Gasteiger partial charge in [0.05, 0.1) is 11.4 Å². The largest absolute Gasteiger partial charge is 0.331 e. The molecule has 0 spiro atoms. The first kappa shape index (κ1) is 19.8. The highest BCUT2D eigenvalue weighted by molar-refractivity contribution is 7.89. The van der Waals surface area contributed by atoms with E-state index in [0.29, 0.717) is 25.3 Å². The zero-order chi connectivity index (χ0) is 19.3. The minimum atomic E-state index is -3.54. The lowest BCUT2D eigenvalue weighted by molar-refractivity contribution is 0.251. The maximum absolute atomic E-state index is 12.9. The van der Waals surface area contributed by atoms with Gasteiger partial charge in [-0.1, -0.05) is 18.9 Å². The molecule has 9 heteroatoms. The van der Waals surface area contributed by atoms with Crippen LogP contribution in [0.1, 0.15) is 36.4 Å². The number of thiazole rings is 1. The molecular weight excluding hydrogens is 384 g/mol. The molecule has 0 bridgehead atoms. The van der Waals surface area contributed by atoms with Crippen molar-refractivity contribution >= 4 is 33.1 Å². The average molecular weight is 409 g/mol. The van der Waals surface area contributed by atoms with Gasteiger partial charge >= 0.3 is 6.03 Å². The van der Waals surface area contributed by atoms with Gasteiger partial charge in [-0.15, -0.1) is 11.3 Å². The van der Waals surface area contributed by atoms with Crippen LogP contribution >= 0.6 is 11.3 Å². The summed E-state index contributed by atoms with van der Waals surface area (Å²) in [5.74, 6) is 0. The van der Waals surface area contributed by atoms with E-state index < -0.39 is 16.1 Å². The first-order valence-electron chi connectivity index (χ1n) is 9.01. The zero-order valence-electron chi connectivity index (χ0n) is 15.3. The van der Waals surface area contributed by atoms with E-state index in [4.69, 9.17) is 0 Å². The Morgan fingerprint density at radius 1 is 1.22 bits per heavy atom. The highest BCUT2D eigenvalue weighted by Crippen LogP contribution is 2.22. The number of hydrogen-bond donors (Lipinski definition) is 2. The number of amides is 2. The number of aromatic nitrogens is 1. The molecule has 2 aromatic rings. The molecule has 146 valence electrons. The van der Waals surface area contributed by atoms with Crippen LogP contribution in [-0.2, 0) is 16.6 Å². The average Bonchev–Trinajstić information content (AvgIpc) is 2.88. The SMILES string of the molecule is Cc1csc(CNC(=O)Nc2cccc(S(=O)(=O)N3CCCCCC3)c2)n1. The number of sulfonamides is 1. The first-order chi connectivity index (χ1) is 12.9. The molecule has 0 aliphatic carbocycles. The number of carbonyl (C=O) groups excluding carboxylic acids is 1. The maximum atomic E-state index is 12.9. The summed E-state index contributed by atoms with van der Waals surface area (Å²) in [5.41, 5.74) is 1.36. The minimum Gasteiger partial charge on any atom is -0.331 e. The fourth-order valence-corrected chi connectivity index (χ4v) is 5.26. The molecule has 1 aliphatic heterocycles. The van der Waals surface area contributed by atoms with Gasteiger partial charge < -0.3 is 10.6 Å². The molecule has 7 nitrogen and oxygen atoms in total. The van der Waals surface area contributed by atoms with Gasteiger partial charge in [-0.3, -0.25) is 0 Å². The van der Waals surface area contributed by atoms with Crippen LogP contribution in [-0.4, -0.2) is 36.8 Å². The Labute approximate surface area is 163 Å². The van der Waals surface area contributed by atoms with Gasteiger partial charge in [-0.05, 0) is 38.0 Å². The Kier molecular flexibility index (Phi) is 6.46. The van der Waals surface area contributed by atoms with E-state index in [1.807, 2.05) is 12.3 Å². The highest BCUT2D eigenvalue weighted by atomic mass is 32.2. The number of urea groups is 1. The number of hydrogen-bond acceptors (Lipinski definition) is 5. The fraction of sp³-hybridized carbons (Fsp3) is 0.444. The monoisotopic (exact) mass is 408 g/mol. The predicted octanol–water partition coefficient (Wildman–Crippen LogP) is 3.34. The van der Waals surface area contributed by atoms with E-state index in [0.717, 1.165) is 36.4 Å². The molecule has 1 aromatic heterocycles. The highest BCUT2D eigenvalue weighted by Gasteiger charge is 2.25. The lowest BCUT2D eigenvalue weighted by Crippen LogP contribution is -2.32.